The molecule has 18 heavy (non-hydrogen) atoms. The lowest BCUT2D eigenvalue weighted by atomic mass is 10.3. The standard InChI is InChI=1S/C13H21N3O2/c1-4-14-13(17)9-18-12-6-5-11(16-8-12)7-15-10(2)3/h5-6,8,10,15H,4,7,9H2,1-3H3,(H,14,17). The van der Waals surface area contributed by atoms with Gasteiger partial charge in [0.05, 0.1) is 11.9 Å². The van der Waals surface area contributed by atoms with E-state index in [1.807, 2.05) is 19.1 Å². The number of likely N-dealkylation sites (N-methyl/N-ethyl adjacent to an activating group) is 1. The van der Waals surface area contributed by atoms with Gasteiger partial charge in [-0.1, -0.05) is 13.8 Å². The summed E-state index contributed by atoms with van der Waals surface area (Å²) in [4.78, 5) is 15.4. The summed E-state index contributed by atoms with van der Waals surface area (Å²) in [6.45, 7) is 7.41. The van der Waals surface area contributed by atoms with E-state index < -0.39 is 0 Å². The van der Waals surface area contributed by atoms with E-state index in [1.165, 1.54) is 0 Å². The molecule has 0 saturated heterocycles. The second-order valence-electron chi connectivity index (χ2n) is 4.26. The smallest absolute Gasteiger partial charge is 0.257 e. The van der Waals surface area contributed by atoms with Crippen LogP contribution in [0.15, 0.2) is 18.3 Å². The largest absolute Gasteiger partial charge is 0.482 e. The van der Waals surface area contributed by atoms with Crippen LogP contribution in [0.5, 0.6) is 5.75 Å². The van der Waals surface area contributed by atoms with Gasteiger partial charge in [-0.25, -0.2) is 0 Å². The Hall–Kier alpha value is -1.62. The number of amides is 1. The normalized spacial score (nSPS) is 10.4. The fourth-order valence-corrected chi connectivity index (χ4v) is 1.31. The van der Waals surface area contributed by atoms with Crippen molar-refractivity contribution in [3.63, 3.8) is 0 Å². The molecule has 2 N–H and O–H groups in total. The highest BCUT2D eigenvalue weighted by Crippen LogP contribution is 2.08. The molecular weight excluding hydrogens is 230 g/mol. The van der Waals surface area contributed by atoms with Gasteiger partial charge in [0.1, 0.15) is 5.75 Å². The van der Waals surface area contributed by atoms with Crippen molar-refractivity contribution in [3.8, 4) is 5.75 Å². The van der Waals surface area contributed by atoms with Gasteiger partial charge in [0.2, 0.25) is 0 Å². The zero-order valence-electron chi connectivity index (χ0n) is 11.2. The summed E-state index contributed by atoms with van der Waals surface area (Å²) >= 11 is 0. The molecule has 1 aromatic rings. The lowest BCUT2D eigenvalue weighted by Gasteiger charge is -2.09. The van der Waals surface area contributed by atoms with Gasteiger partial charge in [-0.3, -0.25) is 9.78 Å². The SMILES string of the molecule is CCNC(=O)COc1ccc(CNC(C)C)nc1. The van der Waals surface area contributed by atoms with E-state index in [9.17, 15) is 4.79 Å². The van der Waals surface area contributed by atoms with Crippen LogP contribution in [0.2, 0.25) is 0 Å². The van der Waals surface area contributed by atoms with E-state index in [-0.39, 0.29) is 12.5 Å². The van der Waals surface area contributed by atoms with Crippen LogP contribution in [0, 0.1) is 0 Å². The third kappa shape index (κ3) is 5.63. The molecule has 1 amide bonds. The monoisotopic (exact) mass is 251 g/mol. The quantitative estimate of drug-likeness (QED) is 0.761. The van der Waals surface area contributed by atoms with E-state index in [4.69, 9.17) is 4.74 Å². The van der Waals surface area contributed by atoms with Crippen molar-refractivity contribution in [3.05, 3.63) is 24.0 Å². The van der Waals surface area contributed by atoms with E-state index in [0.29, 0.717) is 18.3 Å². The average molecular weight is 251 g/mol. The Morgan fingerprint density at radius 3 is 2.78 bits per heavy atom. The number of rotatable bonds is 7. The zero-order valence-corrected chi connectivity index (χ0v) is 11.2. The van der Waals surface area contributed by atoms with E-state index >= 15 is 0 Å². The number of hydrogen-bond donors (Lipinski definition) is 2. The molecule has 0 spiro atoms. The summed E-state index contributed by atoms with van der Waals surface area (Å²) in [5.41, 5.74) is 0.953. The number of pyridine rings is 1. The molecule has 0 aliphatic heterocycles. The molecule has 0 bridgehead atoms. The van der Waals surface area contributed by atoms with Crippen LogP contribution in [0.4, 0.5) is 0 Å². The molecule has 5 nitrogen and oxygen atoms in total. The van der Waals surface area contributed by atoms with E-state index in [2.05, 4.69) is 29.5 Å². The molecule has 0 unspecified atom stereocenters. The molecule has 0 atom stereocenters. The van der Waals surface area contributed by atoms with Gasteiger partial charge < -0.3 is 15.4 Å². The molecule has 0 radical (unpaired) electrons. The van der Waals surface area contributed by atoms with Gasteiger partial charge in [-0.05, 0) is 19.1 Å². The fraction of sp³-hybridized carbons (Fsp3) is 0.538. The van der Waals surface area contributed by atoms with Crippen LogP contribution in [-0.4, -0.2) is 30.1 Å². The average Bonchev–Trinajstić information content (AvgIpc) is 2.35. The lowest BCUT2D eigenvalue weighted by molar-refractivity contribution is -0.122. The van der Waals surface area contributed by atoms with Crippen molar-refractivity contribution in [1.82, 2.24) is 15.6 Å². The minimum absolute atomic E-state index is 0.0269. The first-order valence-electron chi connectivity index (χ1n) is 6.19. The summed E-state index contributed by atoms with van der Waals surface area (Å²) in [5, 5.41) is 5.95. The second kappa shape index (κ2) is 7.66. The van der Waals surface area contributed by atoms with Crippen molar-refractivity contribution in [2.75, 3.05) is 13.2 Å². The van der Waals surface area contributed by atoms with E-state index in [0.717, 1.165) is 12.2 Å². The number of hydrogen-bond acceptors (Lipinski definition) is 4. The van der Waals surface area contributed by atoms with Gasteiger partial charge in [0.15, 0.2) is 6.61 Å². The number of aromatic nitrogens is 1. The Bertz CT molecular complexity index is 363. The summed E-state index contributed by atoms with van der Waals surface area (Å²) in [6, 6.07) is 4.15. The second-order valence-corrected chi connectivity index (χ2v) is 4.26. The first kappa shape index (κ1) is 14.4. The Morgan fingerprint density at radius 1 is 1.44 bits per heavy atom. The van der Waals surface area contributed by atoms with Crippen molar-refractivity contribution >= 4 is 5.91 Å². The maximum Gasteiger partial charge on any atom is 0.257 e. The maximum atomic E-state index is 11.2. The van der Waals surface area contributed by atoms with Gasteiger partial charge >= 0.3 is 0 Å². The molecule has 0 fully saturated rings. The highest BCUT2D eigenvalue weighted by Gasteiger charge is 2.02. The van der Waals surface area contributed by atoms with Crippen LogP contribution in [-0.2, 0) is 11.3 Å². The van der Waals surface area contributed by atoms with Crippen molar-refractivity contribution in [2.24, 2.45) is 0 Å². The molecule has 100 valence electrons. The van der Waals surface area contributed by atoms with Gasteiger partial charge in [-0.15, -0.1) is 0 Å². The molecule has 1 heterocycles. The van der Waals surface area contributed by atoms with E-state index in [1.54, 1.807) is 6.20 Å². The predicted octanol–water partition coefficient (Wildman–Crippen LogP) is 1.09. The Morgan fingerprint density at radius 2 is 2.22 bits per heavy atom. The Balaban J connectivity index is 2.38. The van der Waals surface area contributed by atoms with Crippen LogP contribution in [0.25, 0.3) is 0 Å². The lowest BCUT2D eigenvalue weighted by Crippen LogP contribution is -2.28. The minimum Gasteiger partial charge on any atom is -0.482 e. The first-order valence-corrected chi connectivity index (χ1v) is 6.19. The molecule has 0 aliphatic carbocycles. The molecule has 5 heteroatoms. The third-order valence-corrected chi connectivity index (χ3v) is 2.23. The predicted molar refractivity (Wildman–Crippen MR) is 70.4 cm³/mol. The highest BCUT2D eigenvalue weighted by molar-refractivity contribution is 5.77. The Labute approximate surface area is 108 Å². The van der Waals surface area contributed by atoms with Crippen molar-refractivity contribution in [1.29, 1.82) is 0 Å². The molecule has 0 saturated carbocycles. The summed E-state index contributed by atoms with van der Waals surface area (Å²) in [5.74, 6) is 0.484. The van der Waals surface area contributed by atoms with Gasteiger partial charge in [0.25, 0.3) is 5.91 Å². The minimum atomic E-state index is -0.122. The zero-order chi connectivity index (χ0) is 13.4. The number of carbonyl (C=O) groups excluding carboxylic acids is 1. The van der Waals surface area contributed by atoms with Crippen LogP contribution < -0.4 is 15.4 Å². The summed E-state index contributed by atoms with van der Waals surface area (Å²) < 4.78 is 5.31. The molecular formula is C13H21N3O2. The van der Waals surface area contributed by atoms with Gasteiger partial charge in [-0.2, -0.15) is 0 Å². The molecule has 1 aromatic heterocycles. The van der Waals surface area contributed by atoms with Crippen LogP contribution in [0.3, 0.4) is 0 Å². The number of nitrogens with zero attached hydrogens (tertiary/aromatic N) is 1. The number of carbonyl (C=O) groups is 1. The van der Waals surface area contributed by atoms with Gasteiger partial charge in [0, 0.05) is 19.1 Å². The highest BCUT2D eigenvalue weighted by atomic mass is 16.5. The molecule has 0 aliphatic rings. The Kier molecular flexibility index (Phi) is 6.14. The topological polar surface area (TPSA) is 63.2 Å². The first-order chi connectivity index (χ1) is 8.61. The summed E-state index contributed by atoms with van der Waals surface area (Å²) in [7, 11) is 0. The number of nitrogens with one attached hydrogen (secondary N) is 2. The van der Waals surface area contributed by atoms with Crippen molar-refractivity contribution in [2.45, 2.75) is 33.4 Å². The van der Waals surface area contributed by atoms with Crippen molar-refractivity contribution < 1.29 is 9.53 Å². The molecule has 1 rings (SSSR count). The third-order valence-electron chi connectivity index (χ3n) is 2.23. The number of ether oxygens (including phenoxy) is 1. The van der Waals surface area contributed by atoms with Crippen LogP contribution >= 0.6 is 0 Å². The molecule has 0 aromatic carbocycles. The summed E-state index contributed by atoms with van der Waals surface area (Å²) in [6.07, 6.45) is 1.64. The fourth-order valence-electron chi connectivity index (χ4n) is 1.31. The maximum absolute atomic E-state index is 11.2. The van der Waals surface area contributed by atoms with Crippen LogP contribution in [0.1, 0.15) is 26.5 Å².